The van der Waals surface area contributed by atoms with Gasteiger partial charge in [0.15, 0.2) is 0 Å². The summed E-state index contributed by atoms with van der Waals surface area (Å²) in [6, 6.07) is 0. The lowest BCUT2D eigenvalue weighted by Gasteiger charge is -2.22. The Morgan fingerprint density at radius 1 is 0.842 bits per heavy atom. The average molecular weight is 277 g/mol. The van der Waals surface area contributed by atoms with Gasteiger partial charge < -0.3 is 24.2 Å². The Balaban J connectivity index is 3.63. The molecule has 0 aromatic heterocycles. The quantitative estimate of drug-likeness (QED) is 0.455. The van der Waals surface area contributed by atoms with Gasteiger partial charge in [-0.3, -0.25) is 0 Å². The lowest BCUT2D eigenvalue weighted by Crippen LogP contribution is -2.31. The van der Waals surface area contributed by atoms with Crippen molar-refractivity contribution in [3.05, 3.63) is 0 Å². The molecular weight excluding hydrogens is 246 g/mol. The summed E-state index contributed by atoms with van der Waals surface area (Å²) in [5, 5.41) is 8.66. The summed E-state index contributed by atoms with van der Waals surface area (Å²) in [6.45, 7) is 8.71. The topological polar surface area (TPSA) is 51.2 Å². The van der Waals surface area contributed by atoms with Gasteiger partial charge in [-0.2, -0.15) is 0 Å². The zero-order valence-electron chi connectivity index (χ0n) is 12.6. The maximum atomic E-state index is 8.66. The molecule has 0 saturated heterocycles. The molecule has 116 valence electrons. The van der Waals surface area contributed by atoms with Crippen LogP contribution in [0.25, 0.3) is 0 Å². The van der Waals surface area contributed by atoms with E-state index in [9.17, 15) is 0 Å². The standard InChI is InChI=1S/C14H31NO4/c1-3-10-18-12-5-7-15(6-4-11-17-2)8-13-19-14-9-16/h16H,3-14H2,1-2H3. The van der Waals surface area contributed by atoms with E-state index in [1.165, 1.54) is 0 Å². The molecule has 0 saturated carbocycles. The lowest BCUT2D eigenvalue weighted by molar-refractivity contribution is 0.0663. The van der Waals surface area contributed by atoms with E-state index in [1.807, 2.05) is 0 Å². The van der Waals surface area contributed by atoms with Gasteiger partial charge in [-0.25, -0.2) is 0 Å². The van der Waals surface area contributed by atoms with Crippen LogP contribution in [0, 0.1) is 0 Å². The molecule has 0 aromatic rings. The molecule has 0 aromatic carbocycles. The van der Waals surface area contributed by atoms with Crippen LogP contribution in [-0.4, -0.2) is 76.4 Å². The monoisotopic (exact) mass is 277 g/mol. The number of nitrogens with zero attached hydrogens (tertiary/aromatic N) is 1. The molecular formula is C14H31NO4. The number of ether oxygens (including phenoxy) is 3. The summed E-state index contributed by atoms with van der Waals surface area (Å²) in [4.78, 5) is 2.37. The largest absolute Gasteiger partial charge is 0.394 e. The van der Waals surface area contributed by atoms with E-state index >= 15 is 0 Å². The Hall–Kier alpha value is -0.200. The van der Waals surface area contributed by atoms with Crippen LogP contribution in [0.3, 0.4) is 0 Å². The fourth-order valence-corrected chi connectivity index (χ4v) is 1.76. The van der Waals surface area contributed by atoms with E-state index in [0.717, 1.165) is 58.7 Å². The molecule has 0 amide bonds. The second-order valence-corrected chi connectivity index (χ2v) is 4.49. The highest BCUT2D eigenvalue weighted by Gasteiger charge is 2.04. The summed E-state index contributed by atoms with van der Waals surface area (Å²) in [5.41, 5.74) is 0. The summed E-state index contributed by atoms with van der Waals surface area (Å²) in [7, 11) is 1.73. The molecule has 5 heteroatoms. The maximum absolute atomic E-state index is 8.66. The second kappa shape index (κ2) is 15.9. The molecule has 0 aliphatic carbocycles. The molecule has 0 atom stereocenters. The first-order valence-corrected chi connectivity index (χ1v) is 7.32. The van der Waals surface area contributed by atoms with E-state index < -0.39 is 0 Å². The maximum Gasteiger partial charge on any atom is 0.0698 e. The summed E-state index contributed by atoms with van der Waals surface area (Å²) in [6.07, 6.45) is 3.16. The highest BCUT2D eigenvalue weighted by molar-refractivity contribution is 4.58. The fourth-order valence-electron chi connectivity index (χ4n) is 1.76. The zero-order chi connectivity index (χ0) is 14.2. The number of aliphatic hydroxyl groups is 1. The van der Waals surface area contributed by atoms with Crippen LogP contribution in [0.5, 0.6) is 0 Å². The van der Waals surface area contributed by atoms with Crippen LogP contribution >= 0.6 is 0 Å². The predicted molar refractivity (Wildman–Crippen MR) is 76.6 cm³/mol. The minimum absolute atomic E-state index is 0.0918. The molecule has 0 aliphatic rings. The van der Waals surface area contributed by atoms with Crippen molar-refractivity contribution in [1.29, 1.82) is 0 Å². The van der Waals surface area contributed by atoms with Crippen molar-refractivity contribution in [2.24, 2.45) is 0 Å². The fraction of sp³-hybridized carbons (Fsp3) is 1.00. The minimum atomic E-state index is 0.0918. The number of hydrogen-bond donors (Lipinski definition) is 1. The number of rotatable bonds is 15. The molecule has 0 spiro atoms. The van der Waals surface area contributed by atoms with Crippen molar-refractivity contribution in [2.75, 3.05) is 66.4 Å². The lowest BCUT2D eigenvalue weighted by atomic mass is 10.3. The van der Waals surface area contributed by atoms with E-state index in [2.05, 4.69) is 11.8 Å². The van der Waals surface area contributed by atoms with Crippen LogP contribution in [0.15, 0.2) is 0 Å². The van der Waals surface area contributed by atoms with Crippen molar-refractivity contribution >= 4 is 0 Å². The summed E-state index contributed by atoms with van der Waals surface area (Å²) in [5.74, 6) is 0. The van der Waals surface area contributed by atoms with Gasteiger partial charge in [0, 0.05) is 46.6 Å². The zero-order valence-corrected chi connectivity index (χ0v) is 12.6. The molecule has 1 N–H and O–H groups in total. The normalized spacial score (nSPS) is 11.4. The van der Waals surface area contributed by atoms with Gasteiger partial charge in [-0.1, -0.05) is 6.92 Å². The van der Waals surface area contributed by atoms with Crippen LogP contribution in [0.2, 0.25) is 0 Å². The van der Waals surface area contributed by atoms with Crippen LogP contribution in [0.4, 0.5) is 0 Å². The van der Waals surface area contributed by atoms with Crippen molar-refractivity contribution in [2.45, 2.75) is 26.2 Å². The van der Waals surface area contributed by atoms with Gasteiger partial charge in [-0.15, -0.1) is 0 Å². The van der Waals surface area contributed by atoms with E-state index in [4.69, 9.17) is 19.3 Å². The first-order valence-electron chi connectivity index (χ1n) is 7.32. The molecule has 0 rings (SSSR count). The van der Waals surface area contributed by atoms with Crippen LogP contribution in [-0.2, 0) is 14.2 Å². The van der Waals surface area contributed by atoms with Crippen molar-refractivity contribution in [3.8, 4) is 0 Å². The van der Waals surface area contributed by atoms with Gasteiger partial charge >= 0.3 is 0 Å². The smallest absolute Gasteiger partial charge is 0.0698 e. The Bertz CT molecular complexity index is 170. The van der Waals surface area contributed by atoms with Crippen LogP contribution < -0.4 is 0 Å². The van der Waals surface area contributed by atoms with Gasteiger partial charge in [-0.05, 0) is 19.3 Å². The average Bonchev–Trinajstić information content (AvgIpc) is 2.42. The molecule has 0 fully saturated rings. The predicted octanol–water partition coefficient (Wildman–Crippen LogP) is 1.15. The third-order valence-electron chi connectivity index (χ3n) is 2.72. The number of hydrogen-bond acceptors (Lipinski definition) is 5. The van der Waals surface area contributed by atoms with Crippen LogP contribution in [0.1, 0.15) is 26.2 Å². The highest BCUT2D eigenvalue weighted by Crippen LogP contribution is 1.96. The third-order valence-corrected chi connectivity index (χ3v) is 2.72. The molecule has 0 bridgehead atoms. The summed E-state index contributed by atoms with van der Waals surface area (Å²) >= 11 is 0. The highest BCUT2D eigenvalue weighted by atomic mass is 16.5. The van der Waals surface area contributed by atoms with Gasteiger partial charge in [0.1, 0.15) is 0 Å². The first kappa shape index (κ1) is 18.8. The Labute approximate surface area is 117 Å². The van der Waals surface area contributed by atoms with Gasteiger partial charge in [0.25, 0.3) is 0 Å². The SMILES string of the molecule is CCCOCCCN(CCCOC)CCOCCO. The van der Waals surface area contributed by atoms with E-state index in [-0.39, 0.29) is 6.61 Å². The van der Waals surface area contributed by atoms with Gasteiger partial charge in [0.05, 0.1) is 19.8 Å². The molecule has 5 nitrogen and oxygen atoms in total. The van der Waals surface area contributed by atoms with Gasteiger partial charge in [0.2, 0.25) is 0 Å². The van der Waals surface area contributed by atoms with Crippen molar-refractivity contribution in [1.82, 2.24) is 4.90 Å². The minimum Gasteiger partial charge on any atom is -0.394 e. The molecule has 0 unspecified atom stereocenters. The van der Waals surface area contributed by atoms with Crippen molar-refractivity contribution in [3.63, 3.8) is 0 Å². The van der Waals surface area contributed by atoms with E-state index in [0.29, 0.717) is 13.2 Å². The molecule has 0 aliphatic heterocycles. The number of methoxy groups -OCH3 is 1. The van der Waals surface area contributed by atoms with Crippen molar-refractivity contribution < 1.29 is 19.3 Å². The Morgan fingerprint density at radius 3 is 2.16 bits per heavy atom. The summed E-state index contributed by atoms with van der Waals surface area (Å²) < 4.78 is 15.9. The number of aliphatic hydroxyl groups excluding tert-OH is 1. The van der Waals surface area contributed by atoms with E-state index in [1.54, 1.807) is 7.11 Å². The molecule has 0 heterocycles. The Kier molecular flexibility index (Phi) is 15.7. The third kappa shape index (κ3) is 14.0. The molecule has 0 radical (unpaired) electrons. The second-order valence-electron chi connectivity index (χ2n) is 4.49. The first-order chi connectivity index (χ1) is 9.35. The molecule has 19 heavy (non-hydrogen) atoms. The Morgan fingerprint density at radius 2 is 1.53 bits per heavy atom.